The van der Waals surface area contributed by atoms with Gasteiger partial charge < -0.3 is 10.4 Å². The van der Waals surface area contributed by atoms with Crippen LogP contribution >= 0.6 is 0 Å². The molecule has 0 aromatic heterocycles. The Labute approximate surface area is 155 Å². The average Bonchev–Trinajstić information content (AvgIpc) is 2.67. The van der Waals surface area contributed by atoms with Crippen molar-refractivity contribution in [2.24, 2.45) is 0 Å². The number of benzene rings is 3. The molecule has 3 aromatic rings. The van der Waals surface area contributed by atoms with E-state index in [1.165, 1.54) is 18.2 Å². The molecule has 1 aliphatic carbocycles. The summed E-state index contributed by atoms with van der Waals surface area (Å²) in [6, 6.07) is 16.5. The minimum absolute atomic E-state index is 0.0578. The van der Waals surface area contributed by atoms with Crippen molar-refractivity contribution in [1.82, 2.24) is 0 Å². The summed E-state index contributed by atoms with van der Waals surface area (Å²) in [6.07, 6.45) is 0. The molecule has 4 rings (SSSR count). The third-order valence-electron chi connectivity index (χ3n) is 4.70. The molecule has 0 aliphatic heterocycles. The van der Waals surface area contributed by atoms with Crippen LogP contribution in [-0.2, 0) is 0 Å². The molecule has 1 aliphatic rings. The molecule has 0 spiro atoms. The third-order valence-corrected chi connectivity index (χ3v) is 4.70. The van der Waals surface area contributed by atoms with Crippen LogP contribution in [0.1, 0.15) is 47.8 Å². The Bertz CT molecular complexity index is 1130. The van der Waals surface area contributed by atoms with Crippen molar-refractivity contribution in [3.63, 3.8) is 0 Å². The van der Waals surface area contributed by atoms with Crippen LogP contribution in [0.25, 0.3) is 0 Å². The lowest BCUT2D eigenvalue weighted by atomic mass is 9.82. The van der Waals surface area contributed by atoms with Gasteiger partial charge in [-0.1, -0.05) is 42.5 Å². The summed E-state index contributed by atoms with van der Waals surface area (Å²) in [7, 11) is 0. The summed E-state index contributed by atoms with van der Waals surface area (Å²) in [4.78, 5) is 38.1. The standard InChI is InChI=1S/C22H15NO4/c1-12-6-2-5-9-17(12)23-22(27)16-11-10-15-18(21(16)26)20(25)14-8-4-3-7-13(14)19(15)24/h2-11,26H,1H3,(H,23,27). The summed E-state index contributed by atoms with van der Waals surface area (Å²) >= 11 is 0. The highest BCUT2D eigenvalue weighted by atomic mass is 16.3. The van der Waals surface area contributed by atoms with E-state index in [0.29, 0.717) is 11.3 Å². The molecule has 0 heterocycles. The highest BCUT2D eigenvalue weighted by Crippen LogP contribution is 2.35. The van der Waals surface area contributed by atoms with Gasteiger partial charge in [0.05, 0.1) is 11.1 Å². The summed E-state index contributed by atoms with van der Waals surface area (Å²) in [5.41, 5.74) is 1.90. The van der Waals surface area contributed by atoms with Crippen molar-refractivity contribution in [1.29, 1.82) is 0 Å². The van der Waals surface area contributed by atoms with Crippen molar-refractivity contribution in [2.45, 2.75) is 6.92 Å². The van der Waals surface area contributed by atoms with E-state index in [4.69, 9.17) is 0 Å². The molecule has 0 saturated carbocycles. The van der Waals surface area contributed by atoms with Gasteiger partial charge >= 0.3 is 0 Å². The van der Waals surface area contributed by atoms with Crippen molar-refractivity contribution >= 4 is 23.2 Å². The predicted molar refractivity (Wildman–Crippen MR) is 101 cm³/mol. The topological polar surface area (TPSA) is 83.5 Å². The molecule has 5 nitrogen and oxygen atoms in total. The van der Waals surface area contributed by atoms with Crippen LogP contribution in [0.4, 0.5) is 5.69 Å². The smallest absolute Gasteiger partial charge is 0.259 e. The minimum Gasteiger partial charge on any atom is -0.506 e. The number of amides is 1. The van der Waals surface area contributed by atoms with Gasteiger partial charge in [0.2, 0.25) is 0 Å². The molecule has 2 N–H and O–H groups in total. The van der Waals surface area contributed by atoms with Gasteiger partial charge in [-0.3, -0.25) is 14.4 Å². The van der Waals surface area contributed by atoms with Crippen LogP contribution in [0.2, 0.25) is 0 Å². The highest BCUT2D eigenvalue weighted by Gasteiger charge is 2.33. The molecule has 132 valence electrons. The molecule has 0 unspecified atom stereocenters. The number of aryl methyl sites for hydroxylation is 1. The zero-order valence-electron chi connectivity index (χ0n) is 14.4. The molecular formula is C22H15NO4. The fraction of sp³-hybridized carbons (Fsp3) is 0.0455. The first-order valence-corrected chi connectivity index (χ1v) is 8.40. The van der Waals surface area contributed by atoms with E-state index in [-0.39, 0.29) is 28.0 Å². The second-order valence-electron chi connectivity index (χ2n) is 6.36. The van der Waals surface area contributed by atoms with E-state index in [1.807, 2.05) is 19.1 Å². The molecular weight excluding hydrogens is 342 g/mol. The molecule has 3 aromatic carbocycles. The molecule has 0 radical (unpaired) electrons. The summed E-state index contributed by atoms with van der Waals surface area (Å²) in [6.45, 7) is 1.85. The van der Waals surface area contributed by atoms with E-state index in [2.05, 4.69) is 5.32 Å². The first-order valence-electron chi connectivity index (χ1n) is 8.40. The maximum Gasteiger partial charge on any atom is 0.259 e. The minimum atomic E-state index is -0.552. The van der Waals surface area contributed by atoms with Gasteiger partial charge in [0.1, 0.15) is 5.75 Å². The van der Waals surface area contributed by atoms with Crippen molar-refractivity contribution in [3.05, 3.63) is 94.0 Å². The van der Waals surface area contributed by atoms with E-state index in [1.54, 1.807) is 30.3 Å². The number of aromatic hydroxyl groups is 1. The fourth-order valence-corrected chi connectivity index (χ4v) is 3.26. The molecule has 1 amide bonds. The van der Waals surface area contributed by atoms with Crippen LogP contribution in [-0.4, -0.2) is 22.6 Å². The molecule has 0 fully saturated rings. The lowest BCUT2D eigenvalue weighted by molar-refractivity contribution is 0.0974. The predicted octanol–water partition coefficient (Wildman–Crippen LogP) is 3.73. The number of carbonyl (C=O) groups excluding carboxylic acids is 3. The number of carbonyl (C=O) groups is 3. The van der Waals surface area contributed by atoms with Crippen LogP contribution in [0, 0.1) is 6.92 Å². The fourth-order valence-electron chi connectivity index (χ4n) is 3.26. The number of nitrogens with one attached hydrogen (secondary N) is 1. The van der Waals surface area contributed by atoms with E-state index >= 15 is 0 Å². The van der Waals surface area contributed by atoms with E-state index in [0.717, 1.165) is 5.56 Å². The monoisotopic (exact) mass is 357 g/mol. The molecule has 0 atom stereocenters. The molecule has 5 heteroatoms. The Hall–Kier alpha value is -3.73. The summed E-state index contributed by atoms with van der Waals surface area (Å²) in [5, 5.41) is 13.4. The first-order chi connectivity index (χ1) is 13.0. The van der Waals surface area contributed by atoms with Gasteiger partial charge in [0.25, 0.3) is 5.91 Å². The number of anilines is 1. The highest BCUT2D eigenvalue weighted by molar-refractivity contribution is 6.30. The number of fused-ring (bicyclic) bond motifs is 2. The quantitative estimate of drug-likeness (QED) is 0.573. The third kappa shape index (κ3) is 2.60. The Morgan fingerprint density at radius 3 is 2.15 bits per heavy atom. The van der Waals surface area contributed by atoms with Crippen LogP contribution in [0.5, 0.6) is 5.75 Å². The average molecular weight is 357 g/mol. The number of phenolic OH excluding ortho intramolecular Hbond substituents is 1. The number of rotatable bonds is 2. The Morgan fingerprint density at radius 2 is 1.44 bits per heavy atom. The van der Waals surface area contributed by atoms with Crippen molar-refractivity contribution < 1.29 is 19.5 Å². The zero-order valence-corrected chi connectivity index (χ0v) is 14.4. The van der Waals surface area contributed by atoms with Crippen molar-refractivity contribution in [2.75, 3.05) is 5.32 Å². The van der Waals surface area contributed by atoms with Gasteiger partial charge in [-0.15, -0.1) is 0 Å². The maximum absolute atomic E-state index is 12.8. The zero-order chi connectivity index (χ0) is 19.1. The molecule has 0 saturated heterocycles. The lowest BCUT2D eigenvalue weighted by Gasteiger charge is -2.19. The number of para-hydroxylation sites is 1. The number of hydrogen-bond donors (Lipinski definition) is 2. The number of phenols is 1. The van der Waals surface area contributed by atoms with Crippen LogP contribution < -0.4 is 5.32 Å². The van der Waals surface area contributed by atoms with Gasteiger partial charge in [-0.25, -0.2) is 0 Å². The number of hydrogen-bond acceptors (Lipinski definition) is 4. The Balaban J connectivity index is 1.78. The SMILES string of the molecule is Cc1ccccc1NC(=O)c1ccc2c(c1O)C(=O)c1ccccc1C2=O. The van der Waals surface area contributed by atoms with Gasteiger partial charge in [-0.05, 0) is 30.7 Å². The van der Waals surface area contributed by atoms with Gasteiger partial charge in [-0.2, -0.15) is 0 Å². The van der Waals surface area contributed by atoms with Crippen molar-refractivity contribution in [3.8, 4) is 5.75 Å². The molecule has 0 bridgehead atoms. The van der Waals surface area contributed by atoms with Crippen LogP contribution in [0.15, 0.2) is 60.7 Å². The van der Waals surface area contributed by atoms with Gasteiger partial charge in [0.15, 0.2) is 11.6 Å². The van der Waals surface area contributed by atoms with E-state index < -0.39 is 17.4 Å². The Kier molecular flexibility index (Phi) is 3.85. The second kappa shape index (κ2) is 6.21. The summed E-state index contributed by atoms with van der Waals surface area (Å²) in [5.74, 6) is -1.85. The largest absolute Gasteiger partial charge is 0.506 e. The second-order valence-corrected chi connectivity index (χ2v) is 6.36. The van der Waals surface area contributed by atoms with Gasteiger partial charge in [0, 0.05) is 22.4 Å². The lowest BCUT2D eigenvalue weighted by Crippen LogP contribution is -2.22. The maximum atomic E-state index is 12.8. The van der Waals surface area contributed by atoms with Crippen LogP contribution in [0.3, 0.4) is 0 Å². The molecule has 27 heavy (non-hydrogen) atoms. The first kappa shape index (κ1) is 16.7. The normalized spacial score (nSPS) is 12.3. The van der Waals surface area contributed by atoms with E-state index in [9.17, 15) is 19.5 Å². The summed E-state index contributed by atoms with van der Waals surface area (Å²) < 4.78 is 0. The number of ketones is 2. The Morgan fingerprint density at radius 1 is 0.815 bits per heavy atom.